The number of fused-ring (bicyclic) bond motifs is 1. The second-order valence-electron chi connectivity index (χ2n) is 17.5. The van der Waals surface area contributed by atoms with Gasteiger partial charge in [0.2, 0.25) is 17.7 Å². The summed E-state index contributed by atoms with van der Waals surface area (Å²) in [7, 11) is 1.51. The van der Waals surface area contributed by atoms with Crippen LogP contribution in [0.3, 0.4) is 0 Å². The monoisotopic (exact) mass is 968 g/mol. The minimum atomic E-state index is -0.583. The zero-order chi connectivity index (χ0) is 44.1. The summed E-state index contributed by atoms with van der Waals surface area (Å²) in [4.78, 5) is 84.8. The predicted octanol–water partition coefficient (Wildman–Crippen LogP) is 6.07. The molecule has 4 fully saturated rings. The molecule has 9 rings (SSSR count). The van der Waals surface area contributed by atoms with Crippen molar-refractivity contribution in [2.24, 2.45) is 18.9 Å². The maximum atomic E-state index is 15.2. The lowest BCUT2D eigenvalue weighted by atomic mass is 9.90. The first kappa shape index (κ1) is 42.7. The maximum Gasteiger partial charge on any atom is 0.336 e. The van der Waals surface area contributed by atoms with Crippen LogP contribution in [-0.2, 0) is 21.4 Å². The lowest BCUT2D eigenvalue weighted by Gasteiger charge is -2.38. The standard InChI is InChI=1S/C47H50FIN8O6/c1-27-41-40(42(53(2)45(27)61)51-38-14-8-31(49)24-37(38)48)46(62)57(34-11-12-34)47(63)56(41)35-5-3-4-32(25-35)50-43(59)30-18-20-54(21-19-30)26-28-16-22-55(23-17-28)33-9-6-29(7-10-33)36-13-15-39(58)52-44(36)60/h3-10,14,24-25,28,30,34,36,51H,11-13,15-23,26H2,1-2H3,(H,50,59)(H,52,58,60)/t36-/m0/s1. The first-order chi connectivity index (χ1) is 30.3. The zero-order valence-corrected chi connectivity index (χ0v) is 37.5. The molecule has 63 heavy (non-hydrogen) atoms. The number of nitrogens with one attached hydrogen (secondary N) is 3. The third-order valence-corrected chi connectivity index (χ3v) is 14.0. The van der Waals surface area contributed by atoms with Crippen LogP contribution in [0.15, 0.2) is 81.1 Å². The number of benzene rings is 3. The topological polar surface area (TPSA) is 160 Å². The second kappa shape index (κ2) is 17.5. The molecule has 1 saturated carbocycles. The van der Waals surface area contributed by atoms with Gasteiger partial charge in [-0.3, -0.25) is 43.0 Å². The van der Waals surface area contributed by atoms with Gasteiger partial charge in [0.1, 0.15) is 17.0 Å². The summed E-state index contributed by atoms with van der Waals surface area (Å²) in [5, 5.41) is 8.62. The number of piperidine rings is 3. The van der Waals surface area contributed by atoms with Crippen LogP contribution in [0, 0.1) is 28.1 Å². The Kier molecular flexibility index (Phi) is 11.9. The summed E-state index contributed by atoms with van der Waals surface area (Å²) in [5.74, 6) is -0.913. The molecule has 1 aliphatic carbocycles. The molecular weight excluding hydrogens is 918 g/mol. The van der Waals surface area contributed by atoms with Crippen LogP contribution in [0.5, 0.6) is 0 Å². The SMILES string of the molecule is Cc1c(=O)n(C)c(Nc2ccc(I)cc2F)c2c(=O)n(C3CC3)c(=O)n(-c3cccc(NC(=O)C4CCN(CC5CCN(c6ccc([C@@H]7CCC(=O)NC7=O)cc6)CC5)CC4)c3)c12. The number of amides is 3. The lowest BCUT2D eigenvalue weighted by Crippen LogP contribution is -2.43. The number of carbonyl (C=O) groups excluding carboxylic acids is 3. The van der Waals surface area contributed by atoms with Crippen molar-refractivity contribution in [2.75, 3.05) is 48.3 Å². The number of aromatic nitrogens is 3. The molecule has 1 atom stereocenters. The number of pyridine rings is 1. The molecule has 3 amide bonds. The number of imide groups is 1. The van der Waals surface area contributed by atoms with Gasteiger partial charge in [-0.1, -0.05) is 18.2 Å². The average molecular weight is 969 g/mol. The Balaban J connectivity index is 0.860. The lowest BCUT2D eigenvalue weighted by molar-refractivity contribution is -0.134. The summed E-state index contributed by atoms with van der Waals surface area (Å²) >= 11 is 2.01. The van der Waals surface area contributed by atoms with E-state index in [2.05, 4.69) is 37.9 Å². The minimum absolute atomic E-state index is 0.0748. The van der Waals surface area contributed by atoms with Crippen LogP contribution in [0.2, 0.25) is 0 Å². The van der Waals surface area contributed by atoms with E-state index < -0.39 is 22.6 Å². The molecule has 328 valence electrons. The van der Waals surface area contributed by atoms with E-state index in [0.717, 1.165) is 69.7 Å². The van der Waals surface area contributed by atoms with E-state index in [-0.39, 0.29) is 63.6 Å². The number of anilines is 4. The van der Waals surface area contributed by atoms with Crippen molar-refractivity contribution in [1.82, 2.24) is 23.9 Å². The van der Waals surface area contributed by atoms with E-state index in [1.54, 1.807) is 43.3 Å². The Bertz CT molecular complexity index is 2820. The van der Waals surface area contributed by atoms with Gasteiger partial charge in [-0.05, 0) is 148 Å². The van der Waals surface area contributed by atoms with Gasteiger partial charge in [0.15, 0.2) is 0 Å². The van der Waals surface area contributed by atoms with Crippen molar-refractivity contribution < 1.29 is 18.8 Å². The van der Waals surface area contributed by atoms with Gasteiger partial charge in [-0.25, -0.2) is 9.18 Å². The van der Waals surface area contributed by atoms with Crippen molar-refractivity contribution in [3.8, 4) is 5.69 Å². The van der Waals surface area contributed by atoms with Crippen LogP contribution >= 0.6 is 22.6 Å². The Morgan fingerprint density at radius 1 is 0.841 bits per heavy atom. The van der Waals surface area contributed by atoms with Crippen molar-refractivity contribution in [1.29, 1.82) is 0 Å². The summed E-state index contributed by atoms with van der Waals surface area (Å²) in [6, 6.07) is 19.4. The maximum absolute atomic E-state index is 15.2. The molecule has 3 aliphatic heterocycles. The van der Waals surface area contributed by atoms with Gasteiger partial charge in [0.05, 0.1) is 22.8 Å². The molecule has 0 spiro atoms. The average Bonchev–Trinajstić information content (AvgIpc) is 4.11. The van der Waals surface area contributed by atoms with Gasteiger partial charge in [-0.2, -0.15) is 0 Å². The molecule has 4 aliphatic rings. The van der Waals surface area contributed by atoms with E-state index in [0.29, 0.717) is 46.5 Å². The third-order valence-electron chi connectivity index (χ3n) is 13.3. The van der Waals surface area contributed by atoms with E-state index in [9.17, 15) is 28.8 Å². The van der Waals surface area contributed by atoms with Crippen LogP contribution in [0.4, 0.5) is 27.3 Å². The molecule has 5 heterocycles. The van der Waals surface area contributed by atoms with Gasteiger partial charge in [-0.15, -0.1) is 0 Å². The van der Waals surface area contributed by atoms with E-state index in [1.807, 2.05) is 34.7 Å². The predicted molar refractivity (Wildman–Crippen MR) is 249 cm³/mol. The molecule has 0 bridgehead atoms. The van der Waals surface area contributed by atoms with Gasteiger partial charge in [0, 0.05) is 65.6 Å². The van der Waals surface area contributed by atoms with Crippen LogP contribution in [-0.4, -0.2) is 69.0 Å². The molecule has 3 N–H and O–H groups in total. The molecule has 3 aromatic carbocycles. The highest BCUT2D eigenvalue weighted by Crippen LogP contribution is 2.35. The number of hydrogen-bond acceptors (Lipinski definition) is 9. The van der Waals surface area contributed by atoms with Crippen LogP contribution in [0.1, 0.15) is 74.5 Å². The fourth-order valence-electron chi connectivity index (χ4n) is 9.59. The second-order valence-corrected chi connectivity index (χ2v) is 18.7. The Morgan fingerprint density at radius 2 is 1.57 bits per heavy atom. The third kappa shape index (κ3) is 8.58. The summed E-state index contributed by atoms with van der Waals surface area (Å²) in [5.41, 5.74) is 1.74. The Labute approximate surface area is 376 Å². The molecule has 16 heteroatoms. The number of rotatable bonds is 10. The minimum Gasteiger partial charge on any atom is -0.372 e. The molecule has 0 unspecified atom stereocenters. The molecular formula is C47H50FIN8O6. The number of nitrogens with zero attached hydrogens (tertiary/aromatic N) is 5. The number of aryl methyl sites for hydroxylation is 1. The van der Waals surface area contributed by atoms with Crippen molar-refractivity contribution in [2.45, 2.75) is 70.3 Å². The van der Waals surface area contributed by atoms with Gasteiger partial charge in [0.25, 0.3) is 11.1 Å². The Hall–Kier alpha value is -5.62. The molecule has 0 radical (unpaired) electrons. The highest BCUT2D eigenvalue weighted by molar-refractivity contribution is 14.1. The molecule has 5 aromatic rings. The smallest absolute Gasteiger partial charge is 0.336 e. The normalized spacial score (nSPS) is 19.0. The van der Waals surface area contributed by atoms with Crippen LogP contribution < -0.4 is 37.7 Å². The fourth-order valence-corrected chi connectivity index (χ4v) is 10.0. The zero-order valence-electron chi connectivity index (χ0n) is 35.3. The first-order valence-corrected chi connectivity index (χ1v) is 22.9. The highest BCUT2D eigenvalue weighted by atomic mass is 127. The van der Waals surface area contributed by atoms with Crippen molar-refractivity contribution >= 4 is 74.1 Å². The number of likely N-dealkylation sites (tertiary alicyclic amines) is 1. The van der Waals surface area contributed by atoms with Gasteiger partial charge < -0.3 is 20.4 Å². The van der Waals surface area contributed by atoms with E-state index >= 15 is 4.39 Å². The summed E-state index contributed by atoms with van der Waals surface area (Å²) < 4.78 is 19.7. The van der Waals surface area contributed by atoms with E-state index in [4.69, 9.17) is 0 Å². The Morgan fingerprint density at radius 3 is 2.25 bits per heavy atom. The first-order valence-electron chi connectivity index (χ1n) is 21.8. The quantitative estimate of drug-likeness (QED) is 0.112. The molecule has 14 nitrogen and oxygen atoms in total. The van der Waals surface area contributed by atoms with Crippen LogP contribution in [0.25, 0.3) is 16.6 Å². The summed E-state index contributed by atoms with van der Waals surface area (Å²) in [6.07, 6.45) is 5.79. The van der Waals surface area contributed by atoms with Gasteiger partial charge >= 0.3 is 5.69 Å². The molecule has 2 aromatic heterocycles. The highest BCUT2D eigenvalue weighted by Gasteiger charge is 2.33. The van der Waals surface area contributed by atoms with Crippen molar-refractivity contribution in [3.05, 3.63) is 118 Å². The number of halogens is 2. The summed E-state index contributed by atoms with van der Waals surface area (Å²) in [6.45, 7) is 6.10. The molecule has 3 saturated heterocycles. The number of hydrogen-bond donors (Lipinski definition) is 3. The van der Waals surface area contributed by atoms with E-state index in [1.165, 1.54) is 26.8 Å². The fraction of sp³-hybridized carbons (Fsp3) is 0.404. The number of carbonyl (C=O) groups is 3. The van der Waals surface area contributed by atoms with Crippen molar-refractivity contribution in [3.63, 3.8) is 0 Å². The largest absolute Gasteiger partial charge is 0.372 e.